The Balaban J connectivity index is 2.25. The summed E-state index contributed by atoms with van der Waals surface area (Å²) in [4.78, 5) is 12.9. The minimum Gasteiger partial charge on any atom is -0.303 e. The molecular formula is C21H18N2O. The zero-order chi connectivity index (χ0) is 17.1. The second kappa shape index (κ2) is 6.55. The molecule has 3 aromatic rings. The van der Waals surface area contributed by atoms with E-state index in [2.05, 4.69) is 0 Å². The molecule has 2 aromatic carbocycles. The van der Waals surface area contributed by atoms with Gasteiger partial charge in [0, 0.05) is 0 Å². The fourth-order valence-electron chi connectivity index (χ4n) is 2.87. The topological polar surface area (TPSA) is 45.8 Å². The van der Waals surface area contributed by atoms with Crippen LogP contribution in [0.3, 0.4) is 0 Å². The number of nitrogens with zero attached hydrogens (tertiary/aromatic N) is 2. The van der Waals surface area contributed by atoms with E-state index >= 15 is 0 Å². The average molecular weight is 314 g/mol. The van der Waals surface area contributed by atoms with Crippen molar-refractivity contribution in [2.45, 2.75) is 20.4 Å². The van der Waals surface area contributed by atoms with Crippen LogP contribution >= 0.6 is 0 Å². The van der Waals surface area contributed by atoms with Crippen LogP contribution in [0.1, 0.15) is 22.3 Å². The molecule has 0 N–H and O–H groups in total. The van der Waals surface area contributed by atoms with Gasteiger partial charge in [-0.3, -0.25) is 4.79 Å². The summed E-state index contributed by atoms with van der Waals surface area (Å²) >= 11 is 0. The molecule has 1 heterocycles. The van der Waals surface area contributed by atoms with Gasteiger partial charge in [-0.1, -0.05) is 54.6 Å². The van der Waals surface area contributed by atoms with Crippen LogP contribution in [0, 0.1) is 25.2 Å². The van der Waals surface area contributed by atoms with Crippen LogP contribution in [0.4, 0.5) is 0 Å². The zero-order valence-electron chi connectivity index (χ0n) is 13.8. The molecule has 3 heteroatoms. The maximum Gasteiger partial charge on any atom is 0.269 e. The van der Waals surface area contributed by atoms with Crippen molar-refractivity contribution in [2.24, 2.45) is 0 Å². The van der Waals surface area contributed by atoms with Gasteiger partial charge in [0.25, 0.3) is 5.56 Å². The average Bonchev–Trinajstić information content (AvgIpc) is 2.60. The summed E-state index contributed by atoms with van der Waals surface area (Å²) in [6.07, 6.45) is 0. The van der Waals surface area contributed by atoms with Crippen molar-refractivity contribution in [3.05, 3.63) is 93.3 Å². The van der Waals surface area contributed by atoms with Crippen LogP contribution in [-0.4, -0.2) is 4.57 Å². The minimum absolute atomic E-state index is 0.211. The highest BCUT2D eigenvalue weighted by atomic mass is 16.1. The molecule has 3 rings (SSSR count). The highest BCUT2D eigenvalue weighted by Crippen LogP contribution is 2.22. The first-order valence-corrected chi connectivity index (χ1v) is 7.86. The van der Waals surface area contributed by atoms with E-state index < -0.39 is 0 Å². The predicted octanol–water partition coefficient (Wildman–Crippen LogP) is 4.05. The Bertz CT molecular complexity index is 979. The summed E-state index contributed by atoms with van der Waals surface area (Å²) in [5, 5.41) is 9.34. The largest absolute Gasteiger partial charge is 0.303 e. The third kappa shape index (κ3) is 2.87. The van der Waals surface area contributed by atoms with Gasteiger partial charge < -0.3 is 4.57 Å². The van der Waals surface area contributed by atoms with Gasteiger partial charge in [-0.25, -0.2) is 0 Å². The molecule has 0 spiro atoms. The van der Waals surface area contributed by atoms with Gasteiger partial charge >= 0.3 is 0 Å². The third-order valence-corrected chi connectivity index (χ3v) is 4.27. The Morgan fingerprint density at radius 1 is 0.958 bits per heavy atom. The summed E-state index contributed by atoms with van der Waals surface area (Å²) in [5.74, 6) is 0. The summed E-state index contributed by atoms with van der Waals surface area (Å²) in [5.41, 5.74) is 4.69. The highest BCUT2D eigenvalue weighted by molar-refractivity contribution is 5.62. The molecule has 0 bridgehead atoms. The van der Waals surface area contributed by atoms with Crippen molar-refractivity contribution in [1.29, 1.82) is 5.26 Å². The van der Waals surface area contributed by atoms with Crippen LogP contribution in [0.2, 0.25) is 0 Å². The van der Waals surface area contributed by atoms with Crippen LogP contribution in [0.25, 0.3) is 11.3 Å². The Kier molecular flexibility index (Phi) is 4.31. The molecule has 0 aliphatic rings. The lowest BCUT2D eigenvalue weighted by atomic mass is 10.0. The molecule has 0 atom stereocenters. The van der Waals surface area contributed by atoms with Crippen molar-refractivity contribution in [3.8, 4) is 17.3 Å². The van der Waals surface area contributed by atoms with E-state index in [9.17, 15) is 10.1 Å². The van der Waals surface area contributed by atoms with Gasteiger partial charge in [-0.05, 0) is 42.2 Å². The molecule has 0 aliphatic carbocycles. The summed E-state index contributed by atoms with van der Waals surface area (Å²) in [7, 11) is 0. The Labute approximate surface area is 141 Å². The maximum absolute atomic E-state index is 12.9. The Hall–Kier alpha value is -3.12. The fourth-order valence-corrected chi connectivity index (χ4v) is 2.87. The van der Waals surface area contributed by atoms with E-state index in [1.54, 1.807) is 4.57 Å². The van der Waals surface area contributed by atoms with E-state index in [0.717, 1.165) is 22.4 Å². The smallest absolute Gasteiger partial charge is 0.269 e. The van der Waals surface area contributed by atoms with E-state index in [1.807, 2.05) is 80.6 Å². The molecule has 3 nitrogen and oxygen atoms in total. The van der Waals surface area contributed by atoms with Crippen molar-refractivity contribution in [3.63, 3.8) is 0 Å². The highest BCUT2D eigenvalue weighted by Gasteiger charge is 2.14. The number of hydrogen-bond donors (Lipinski definition) is 0. The van der Waals surface area contributed by atoms with Gasteiger partial charge in [0.2, 0.25) is 0 Å². The molecule has 0 aliphatic heterocycles. The van der Waals surface area contributed by atoms with E-state index in [1.165, 1.54) is 0 Å². The first-order chi connectivity index (χ1) is 11.6. The third-order valence-electron chi connectivity index (χ3n) is 4.27. The lowest BCUT2D eigenvalue weighted by Crippen LogP contribution is -2.26. The van der Waals surface area contributed by atoms with Gasteiger partial charge in [0.1, 0.15) is 11.6 Å². The molecule has 0 saturated heterocycles. The molecule has 0 fully saturated rings. The second-order valence-corrected chi connectivity index (χ2v) is 5.88. The first-order valence-electron chi connectivity index (χ1n) is 7.86. The number of benzene rings is 2. The van der Waals surface area contributed by atoms with E-state index in [-0.39, 0.29) is 11.1 Å². The number of aromatic nitrogens is 1. The lowest BCUT2D eigenvalue weighted by Gasteiger charge is -2.16. The molecule has 24 heavy (non-hydrogen) atoms. The summed E-state index contributed by atoms with van der Waals surface area (Å²) in [6.45, 7) is 4.29. The van der Waals surface area contributed by atoms with Gasteiger partial charge in [-0.15, -0.1) is 0 Å². The molecule has 0 amide bonds. The quantitative estimate of drug-likeness (QED) is 0.732. The van der Waals surface area contributed by atoms with Gasteiger partial charge in [0.05, 0.1) is 12.2 Å². The van der Waals surface area contributed by atoms with Crippen molar-refractivity contribution >= 4 is 0 Å². The summed E-state index contributed by atoms with van der Waals surface area (Å²) < 4.78 is 1.70. The Morgan fingerprint density at radius 3 is 2.29 bits per heavy atom. The number of nitriles is 1. The zero-order valence-corrected chi connectivity index (χ0v) is 13.8. The van der Waals surface area contributed by atoms with Crippen LogP contribution < -0.4 is 5.56 Å². The minimum atomic E-state index is -0.236. The number of hydrogen-bond acceptors (Lipinski definition) is 2. The molecular weight excluding hydrogens is 296 g/mol. The van der Waals surface area contributed by atoms with Crippen LogP contribution in [-0.2, 0) is 6.54 Å². The van der Waals surface area contributed by atoms with E-state index in [0.29, 0.717) is 12.1 Å². The van der Waals surface area contributed by atoms with Crippen molar-refractivity contribution in [2.75, 3.05) is 0 Å². The van der Waals surface area contributed by atoms with Crippen LogP contribution in [0.15, 0.2) is 65.5 Å². The second-order valence-electron chi connectivity index (χ2n) is 5.88. The lowest BCUT2D eigenvalue weighted by molar-refractivity contribution is 0.759. The SMILES string of the molecule is Cc1ccccc1Cn1c(-c2ccccc2)cc(C)c(C#N)c1=O. The molecule has 0 radical (unpaired) electrons. The standard InChI is InChI=1S/C21H18N2O/c1-15-8-6-7-11-18(15)14-23-20(17-9-4-3-5-10-17)12-16(2)19(13-22)21(23)24/h3-12H,14H2,1-2H3. The van der Waals surface area contributed by atoms with Gasteiger partial charge in [-0.2, -0.15) is 5.26 Å². The number of pyridine rings is 1. The van der Waals surface area contributed by atoms with Crippen molar-refractivity contribution < 1.29 is 0 Å². The number of rotatable bonds is 3. The molecule has 0 unspecified atom stereocenters. The van der Waals surface area contributed by atoms with E-state index in [4.69, 9.17) is 0 Å². The fraction of sp³-hybridized carbons (Fsp3) is 0.143. The summed E-state index contributed by atoms with van der Waals surface area (Å²) in [6, 6.07) is 21.8. The van der Waals surface area contributed by atoms with Crippen molar-refractivity contribution in [1.82, 2.24) is 4.57 Å². The Morgan fingerprint density at radius 2 is 1.62 bits per heavy atom. The number of aryl methyl sites for hydroxylation is 2. The normalized spacial score (nSPS) is 10.4. The van der Waals surface area contributed by atoms with Crippen LogP contribution in [0.5, 0.6) is 0 Å². The predicted molar refractivity (Wildman–Crippen MR) is 95.9 cm³/mol. The monoisotopic (exact) mass is 314 g/mol. The molecule has 1 aromatic heterocycles. The molecule has 0 saturated carbocycles. The first kappa shape index (κ1) is 15.8. The van der Waals surface area contributed by atoms with Gasteiger partial charge in [0.15, 0.2) is 0 Å². The molecule has 118 valence electrons. The maximum atomic E-state index is 12.9.